The number of aliphatic carboxylic acids is 1. The van der Waals surface area contributed by atoms with E-state index in [4.69, 9.17) is 15.3 Å². The Hall–Kier alpha value is -1.22. The van der Waals surface area contributed by atoms with Gasteiger partial charge in [-0.25, -0.2) is 0 Å². The lowest BCUT2D eigenvalue weighted by molar-refractivity contribution is -0.154. The molecule has 0 radical (unpaired) electrons. The zero-order valence-corrected chi connectivity index (χ0v) is 9.02. The van der Waals surface area contributed by atoms with Crippen LogP contribution in [-0.2, 0) is 14.3 Å². The topological polar surface area (TPSA) is 145 Å². The molecule has 0 bridgehead atoms. The lowest BCUT2D eigenvalue weighted by Crippen LogP contribution is -2.42. The zero-order valence-electron chi connectivity index (χ0n) is 9.02. The molecule has 0 aliphatic rings. The van der Waals surface area contributed by atoms with E-state index < -0.39 is 49.9 Å². The van der Waals surface area contributed by atoms with Crippen molar-refractivity contribution >= 4 is 11.9 Å². The first kappa shape index (κ1) is 15.8. The van der Waals surface area contributed by atoms with Gasteiger partial charge in [-0.2, -0.15) is 0 Å². The Bertz CT molecular complexity index is 253. The molecule has 0 rings (SSSR count). The van der Waals surface area contributed by atoms with Gasteiger partial charge in [-0.05, 0) is 0 Å². The average Bonchev–Trinajstić information content (AvgIpc) is 2.31. The van der Waals surface area contributed by atoms with Crippen LogP contribution in [0.3, 0.4) is 0 Å². The number of hydrogen-bond donors (Lipinski definition) is 5. The van der Waals surface area contributed by atoms with Gasteiger partial charge in [0.2, 0.25) is 0 Å². The number of aliphatic hydroxyl groups is 4. The summed E-state index contributed by atoms with van der Waals surface area (Å²) in [5.41, 5.74) is 0. The van der Waals surface area contributed by atoms with Gasteiger partial charge >= 0.3 is 11.9 Å². The van der Waals surface area contributed by atoms with Gasteiger partial charge in [0.25, 0.3) is 0 Å². The van der Waals surface area contributed by atoms with Gasteiger partial charge in [-0.1, -0.05) is 0 Å². The molecule has 0 aromatic heterocycles. The number of carbonyl (C=O) groups is 2. The minimum atomic E-state index is -1.65. The average molecular weight is 252 g/mol. The molecule has 0 aliphatic carbocycles. The van der Waals surface area contributed by atoms with Crippen LogP contribution in [0, 0.1) is 0 Å². The van der Waals surface area contributed by atoms with E-state index in [1.54, 1.807) is 0 Å². The normalized spacial score (nSPS) is 16.0. The highest BCUT2D eigenvalue weighted by atomic mass is 16.5. The molecule has 0 fully saturated rings. The summed E-state index contributed by atoms with van der Waals surface area (Å²) in [5.74, 6) is -1.99. The Morgan fingerprint density at radius 3 is 2.12 bits per heavy atom. The standard InChI is InChI=1S/C9H16O8/c10-3-5(11)9(16)6(12)4-17-8(15)2-1-7(13)14/h5-6,9-12,16H,1-4H2,(H,13,14). The molecular weight excluding hydrogens is 236 g/mol. The summed E-state index contributed by atoms with van der Waals surface area (Å²) < 4.78 is 4.46. The number of esters is 1. The van der Waals surface area contributed by atoms with E-state index in [9.17, 15) is 19.8 Å². The molecule has 8 heteroatoms. The molecule has 0 spiro atoms. The molecule has 100 valence electrons. The van der Waals surface area contributed by atoms with Crippen molar-refractivity contribution in [3.63, 3.8) is 0 Å². The lowest BCUT2D eigenvalue weighted by Gasteiger charge is -2.21. The zero-order chi connectivity index (χ0) is 13.4. The maximum atomic E-state index is 10.9. The SMILES string of the molecule is O=C(O)CCC(=O)OCC(O)C(O)C(O)CO. The van der Waals surface area contributed by atoms with Gasteiger partial charge in [0.15, 0.2) is 0 Å². The Morgan fingerprint density at radius 2 is 1.65 bits per heavy atom. The summed E-state index contributed by atoms with van der Waals surface area (Å²) in [4.78, 5) is 21.0. The summed E-state index contributed by atoms with van der Waals surface area (Å²) in [7, 11) is 0. The van der Waals surface area contributed by atoms with Crippen molar-refractivity contribution < 1.29 is 39.9 Å². The molecule has 0 aromatic carbocycles. The third kappa shape index (κ3) is 6.84. The first-order chi connectivity index (χ1) is 7.88. The Labute approximate surface area is 97.1 Å². The lowest BCUT2D eigenvalue weighted by atomic mass is 10.1. The summed E-state index contributed by atoms with van der Waals surface area (Å²) in [6.45, 7) is -1.33. The smallest absolute Gasteiger partial charge is 0.306 e. The van der Waals surface area contributed by atoms with Crippen molar-refractivity contribution in [1.82, 2.24) is 0 Å². The number of carboxylic acids is 1. The number of rotatable bonds is 8. The number of hydrogen-bond acceptors (Lipinski definition) is 7. The van der Waals surface area contributed by atoms with E-state index in [2.05, 4.69) is 4.74 Å². The summed E-state index contributed by atoms with van der Waals surface area (Å²) in [6.07, 6.45) is -5.47. The molecule has 8 nitrogen and oxygen atoms in total. The molecule has 5 N–H and O–H groups in total. The minimum Gasteiger partial charge on any atom is -0.481 e. The van der Waals surface area contributed by atoms with Crippen LogP contribution in [0.4, 0.5) is 0 Å². The van der Waals surface area contributed by atoms with Crippen LogP contribution in [0.1, 0.15) is 12.8 Å². The fourth-order valence-electron chi connectivity index (χ4n) is 0.923. The highest BCUT2D eigenvalue weighted by molar-refractivity contribution is 5.76. The van der Waals surface area contributed by atoms with Crippen molar-refractivity contribution in [3.05, 3.63) is 0 Å². The molecule has 0 heterocycles. The van der Waals surface area contributed by atoms with Crippen LogP contribution in [-0.4, -0.2) is 69.0 Å². The first-order valence-corrected chi connectivity index (χ1v) is 4.91. The van der Waals surface area contributed by atoms with Crippen LogP contribution in [0.5, 0.6) is 0 Å². The highest BCUT2D eigenvalue weighted by Crippen LogP contribution is 2.02. The monoisotopic (exact) mass is 252 g/mol. The number of ether oxygens (including phenoxy) is 1. The summed E-state index contributed by atoms with van der Waals surface area (Å²) >= 11 is 0. The first-order valence-electron chi connectivity index (χ1n) is 4.91. The molecule has 0 aromatic rings. The number of carboxylic acid groups (broad SMARTS) is 1. The predicted molar refractivity (Wildman–Crippen MR) is 52.9 cm³/mol. The van der Waals surface area contributed by atoms with Gasteiger partial charge in [0.1, 0.15) is 24.9 Å². The quantitative estimate of drug-likeness (QED) is 0.297. The Balaban J connectivity index is 3.86. The van der Waals surface area contributed by atoms with Gasteiger partial charge in [0.05, 0.1) is 19.4 Å². The van der Waals surface area contributed by atoms with Crippen molar-refractivity contribution in [2.75, 3.05) is 13.2 Å². The van der Waals surface area contributed by atoms with Crippen LogP contribution >= 0.6 is 0 Å². The second kappa shape index (κ2) is 7.96. The third-order valence-electron chi connectivity index (χ3n) is 1.93. The maximum Gasteiger partial charge on any atom is 0.306 e. The second-order valence-electron chi connectivity index (χ2n) is 3.38. The fourth-order valence-corrected chi connectivity index (χ4v) is 0.923. The van der Waals surface area contributed by atoms with E-state index >= 15 is 0 Å². The molecule has 0 saturated carbocycles. The molecule has 3 atom stereocenters. The Kier molecular flexibility index (Phi) is 7.39. The molecule has 3 unspecified atom stereocenters. The van der Waals surface area contributed by atoms with Gasteiger partial charge in [-0.3, -0.25) is 9.59 Å². The maximum absolute atomic E-state index is 10.9. The van der Waals surface area contributed by atoms with Crippen LogP contribution in [0.15, 0.2) is 0 Å². The van der Waals surface area contributed by atoms with Crippen LogP contribution in [0.25, 0.3) is 0 Å². The number of aliphatic hydroxyl groups excluding tert-OH is 4. The number of carbonyl (C=O) groups excluding carboxylic acids is 1. The molecule has 17 heavy (non-hydrogen) atoms. The van der Waals surface area contributed by atoms with Crippen molar-refractivity contribution in [2.24, 2.45) is 0 Å². The summed E-state index contributed by atoms with van der Waals surface area (Å²) in [5, 5.41) is 44.1. The molecular formula is C9H16O8. The highest BCUT2D eigenvalue weighted by Gasteiger charge is 2.25. The van der Waals surface area contributed by atoms with E-state index in [-0.39, 0.29) is 6.42 Å². The van der Waals surface area contributed by atoms with Crippen LogP contribution < -0.4 is 0 Å². The largest absolute Gasteiger partial charge is 0.481 e. The Morgan fingerprint density at radius 1 is 1.06 bits per heavy atom. The minimum absolute atomic E-state index is 0.347. The van der Waals surface area contributed by atoms with Gasteiger partial charge in [-0.15, -0.1) is 0 Å². The van der Waals surface area contributed by atoms with E-state index in [0.29, 0.717) is 0 Å². The van der Waals surface area contributed by atoms with Gasteiger partial charge < -0.3 is 30.3 Å². The van der Waals surface area contributed by atoms with E-state index in [1.807, 2.05) is 0 Å². The second-order valence-corrected chi connectivity index (χ2v) is 3.38. The summed E-state index contributed by atoms with van der Waals surface area (Å²) in [6, 6.07) is 0. The third-order valence-corrected chi connectivity index (χ3v) is 1.93. The molecule has 0 amide bonds. The van der Waals surface area contributed by atoms with E-state index in [1.165, 1.54) is 0 Å². The van der Waals surface area contributed by atoms with Crippen molar-refractivity contribution in [3.8, 4) is 0 Å². The van der Waals surface area contributed by atoms with Crippen LogP contribution in [0.2, 0.25) is 0 Å². The molecule has 0 aliphatic heterocycles. The van der Waals surface area contributed by atoms with E-state index in [0.717, 1.165) is 0 Å². The molecule has 0 saturated heterocycles. The fraction of sp³-hybridized carbons (Fsp3) is 0.778. The van der Waals surface area contributed by atoms with Gasteiger partial charge in [0, 0.05) is 0 Å². The predicted octanol–water partition coefficient (Wildman–Crippen LogP) is -2.53. The van der Waals surface area contributed by atoms with Crippen molar-refractivity contribution in [2.45, 2.75) is 31.2 Å². The van der Waals surface area contributed by atoms with Crippen molar-refractivity contribution in [1.29, 1.82) is 0 Å².